The van der Waals surface area contributed by atoms with Crippen molar-refractivity contribution in [3.05, 3.63) is 90.5 Å². The van der Waals surface area contributed by atoms with E-state index in [4.69, 9.17) is 6.42 Å². The fraction of sp³-hybridized carbons (Fsp3) is 0. The maximum Gasteiger partial charge on any atom is 0.101 e. The average molecular weight is 320 g/mol. The monoisotopic (exact) mass is 320 g/mol. The summed E-state index contributed by atoms with van der Waals surface area (Å²) in [6.45, 7) is 0. The zero-order chi connectivity index (χ0) is 17.1. The van der Waals surface area contributed by atoms with E-state index in [1.807, 2.05) is 60.7 Å². The molecule has 118 valence electrons. The molecule has 0 spiro atoms. The van der Waals surface area contributed by atoms with Gasteiger partial charge in [0.25, 0.3) is 0 Å². The maximum atomic E-state index is 5.47. The van der Waals surface area contributed by atoms with Crippen molar-refractivity contribution in [3.63, 3.8) is 0 Å². The van der Waals surface area contributed by atoms with Crippen LogP contribution in [0.25, 0.3) is 33.6 Å². The van der Waals surface area contributed by atoms with Crippen LogP contribution in [0.15, 0.2) is 84.9 Å². The average Bonchev–Trinajstić information content (AvgIpc) is 3.14. The van der Waals surface area contributed by atoms with E-state index in [0.29, 0.717) is 0 Å². The minimum Gasteiger partial charge on any atom is -0.277 e. The molecule has 3 aromatic carbocycles. The summed E-state index contributed by atoms with van der Waals surface area (Å²) in [5.74, 6) is 2.66. The van der Waals surface area contributed by atoms with Crippen LogP contribution in [0.3, 0.4) is 0 Å². The highest BCUT2D eigenvalue weighted by atomic mass is 15.1. The van der Waals surface area contributed by atoms with Crippen LogP contribution in [-0.4, -0.2) is 10.2 Å². The number of terminal acetylenes is 1. The number of H-pyrrole nitrogens is 1. The van der Waals surface area contributed by atoms with Crippen molar-refractivity contribution in [2.24, 2.45) is 0 Å². The molecule has 0 radical (unpaired) electrons. The van der Waals surface area contributed by atoms with Crippen molar-refractivity contribution in [2.75, 3.05) is 0 Å². The van der Waals surface area contributed by atoms with Crippen molar-refractivity contribution in [2.45, 2.75) is 0 Å². The number of hydrogen-bond donors (Lipinski definition) is 1. The van der Waals surface area contributed by atoms with Crippen molar-refractivity contribution in [1.82, 2.24) is 10.2 Å². The number of aromatic nitrogens is 2. The third kappa shape index (κ3) is 2.84. The molecule has 0 saturated carbocycles. The van der Waals surface area contributed by atoms with Gasteiger partial charge in [0.15, 0.2) is 0 Å². The quantitative estimate of drug-likeness (QED) is 0.504. The standard InChI is InChI=1S/C23H16N2/c1-2-17-13-15-20(16-14-17)23-21(18-9-5-3-6-10-18)22(24-25-23)19-11-7-4-8-12-19/h1,3-16H,(H,24,25). The van der Waals surface area contributed by atoms with Gasteiger partial charge in [-0.15, -0.1) is 6.42 Å². The second-order valence-electron chi connectivity index (χ2n) is 5.78. The summed E-state index contributed by atoms with van der Waals surface area (Å²) >= 11 is 0. The summed E-state index contributed by atoms with van der Waals surface area (Å²) in [6.07, 6.45) is 5.47. The van der Waals surface area contributed by atoms with Crippen LogP contribution in [0.4, 0.5) is 0 Å². The molecule has 0 fully saturated rings. The van der Waals surface area contributed by atoms with Crippen LogP contribution < -0.4 is 0 Å². The van der Waals surface area contributed by atoms with E-state index in [9.17, 15) is 0 Å². The largest absolute Gasteiger partial charge is 0.277 e. The summed E-state index contributed by atoms with van der Waals surface area (Å²) in [5, 5.41) is 7.84. The lowest BCUT2D eigenvalue weighted by atomic mass is 9.96. The Morgan fingerprint density at radius 1 is 0.680 bits per heavy atom. The Morgan fingerprint density at radius 3 is 1.88 bits per heavy atom. The van der Waals surface area contributed by atoms with Crippen LogP contribution in [-0.2, 0) is 0 Å². The summed E-state index contributed by atoms with van der Waals surface area (Å²) in [4.78, 5) is 0. The fourth-order valence-corrected chi connectivity index (χ4v) is 2.97. The number of aromatic amines is 1. The Hall–Kier alpha value is -3.57. The Labute approximate surface area is 147 Å². The first-order chi connectivity index (χ1) is 12.4. The van der Waals surface area contributed by atoms with Gasteiger partial charge in [0.2, 0.25) is 0 Å². The number of benzene rings is 3. The molecule has 4 aromatic rings. The molecule has 0 saturated heterocycles. The maximum absolute atomic E-state index is 5.47. The molecule has 0 amide bonds. The summed E-state index contributed by atoms with van der Waals surface area (Å²) < 4.78 is 0. The van der Waals surface area contributed by atoms with Gasteiger partial charge in [0.1, 0.15) is 5.69 Å². The second-order valence-corrected chi connectivity index (χ2v) is 5.78. The lowest BCUT2D eigenvalue weighted by molar-refractivity contribution is 1.10. The van der Waals surface area contributed by atoms with E-state index in [-0.39, 0.29) is 0 Å². The molecule has 1 heterocycles. The zero-order valence-corrected chi connectivity index (χ0v) is 13.6. The van der Waals surface area contributed by atoms with E-state index >= 15 is 0 Å². The van der Waals surface area contributed by atoms with Gasteiger partial charge in [0, 0.05) is 22.3 Å². The molecule has 4 rings (SSSR count). The predicted octanol–water partition coefficient (Wildman–Crippen LogP) is 5.39. The van der Waals surface area contributed by atoms with Crippen LogP contribution in [0, 0.1) is 12.3 Å². The van der Waals surface area contributed by atoms with Gasteiger partial charge in [0.05, 0.1) is 5.69 Å². The molecular weight excluding hydrogens is 304 g/mol. The summed E-state index contributed by atoms with van der Waals surface area (Å²) in [7, 11) is 0. The molecule has 0 aliphatic heterocycles. The second kappa shape index (κ2) is 6.51. The van der Waals surface area contributed by atoms with Crippen LogP contribution in [0.1, 0.15) is 5.56 Å². The molecule has 2 nitrogen and oxygen atoms in total. The lowest BCUT2D eigenvalue weighted by Crippen LogP contribution is -1.85. The van der Waals surface area contributed by atoms with Crippen LogP contribution in [0.5, 0.6) is 0 Å². The van der Waals surface area contributed by atoms with E-state index in [1.165, 1.54) is 0 Å². The van der Waals surface area contributed by atoms with E-state index in [2.05, 4.69) is 40.4 Å². The molecule has 0 aliphatic carbocycles. The summed E-state index contributed by atoms with van der Waals surface area (Å²) in [5.41, 5.74) is 7.19. The van der Waals surface area contributed by atoms with E-state index in [0.717, 1.165) is 39.2 Å². The zero-order valence-electron chi connectivity index (χ0n) is 13.6. The lowest BCUT2D eigenvalue weighted by Gasteiger charge is -2.07. The molecule has 0 atom stereocenters. The minimum atomic E-state index is 0.868. The Bertz CT molecular complexity index is 1020. The van der Waals surface area contributed by atoms with Gasteiger partial charge in [-0.25, -0.2) is 0 Å². The molecule has 0 bridgehead atoms. The molecule has 0 aliphatic rings. The SMILES string of the molecule is C#Cc1ccc(-c2[nH]nc(-c3ccccc3)c2-c2ccccc2)cc1. The highest BCUT2D eigenvalue weighted by Gasteiger charge is 2.17. The first-order valence-corrected chi connectivity index (χ1v) is 8.13. The van der Waals surface area contributed by atoms with Gasteiger partial charge < -0.3 is 0 Å². The van der Waals surface area contributed by atoms with Crippen molar-refractivity contribution >= 4 is 0 Å². The Balaban J connectivity index is 1.93. The van der Waals surface area contributed by atoms with E-state index in [1.54, 1.807) is 0 Å². The Kier molecular flexibility index (Phi) is 3.90. The van der Waals surface area contributed by atoms with Crippen LogP contribution in [0.2, 0.25) is 0 Å². The first-order valence-electron chi connectivity index (χ1n) is 8.13. The van der Waals surface area contributed by atoms with Gasteiger partial charge in [-0.05, 0) is 17.7 Å². The van der Waals surface area contributed by atoms with Crippen LogP contribution >= 0.6 is 0 Å². The number of rotatable bonds is 3. The van der Waals surface area contributed by atoms with Gasteiger partial charge >= 0.3 is 0 Å². The topological polar surface area (TPSA) is 28.7 Å². The normalized spacial score (nSPS) is 10.4. The highest BCUT2D eigenvalue weighted by molar-refractivity contribution is 5.91. The Morgan fingerprint density at radius 2 is 1.28 bits per heavy atom. The molecule has 1 N–H and O–H groups in total. The first kappa shape index (κ1) is 15.0. The van der Waals surface area contributed by atoms with Gasteiger partial charge in [-0.2, -0.15) is 5.10 Å². The molecule has 1 aromatic heterocycles. The van der Waals surface area contributed by atoms with Crippen molar-refractivity contribution < 1.29 is 0 Å². The van der Waals surface area contributed by atoms with Crippen molar-refractivity contribution in [1.29, 1.82) is 0 Å². The molecular formula is C23H16N2. The number of nitrogens with zero attached hydrogens (tertiary/aromatic N) is 1. The molecule has 25 heavy (non-hydrogen) atoms. The van der Waals surface area contributed by atoms with Gasteiger partial charge in [-0.1, -0.05) is 78.7 Å². The van der Waals surface area contributed by atoms with E-state index < -0.39 is 0 Å². The fourth-order valence-electron chi connectivity index (χ4n) is 2.97. The van der Waals surface area contributed by atoms with Crippen molar-refractivity contribution in [3.8, 4) is 46.0 Å². The highest BCUT2D eigenvalue weighted by Crippen LogP contribution is 2.38. The number of hydrogen-bond acceptors (Lipinski definition) is 1. The summed E-state index contributed by atoms with van der Waals surface area (Å²) in [6, 6.07) is 28.5. The third-order valence-electron chi connectivity index (χ3n) is 4.22. The minimum absolute atomic E-state index is 0.868. The molecule has 2 heteroatoms. The smallest absolute Gasteiger partial charge is 0.101 e. The number of nitrogens with one attached hydrogen (secondary N) is 1. The predicted molar refractivity (Wildman–Crippen MR) is 103 cm³/mol. The molecule has 0 unspecified atom stereocenters. The van der Waals surface area contributed by atoms with Gasteiger partial charge in [-0.3, -0.25) is 5.10 Å². The third-order valence-corrected chi connectivity index (χ3v) is 4.22.